The summed E-state index contributed by atoms with van der Waals surface area (Å²) in [5.74, 6) is 0.993. The number of hydrogen-bond donors (Lipinski definition) is 2. The summed E-state index contributed by atoms with van der Waals surface area (Å²) in [6, 6.07) is 15.7. The minimum atomic E-state index is -0.0666. The number of nitrogens with two attached hydrogens (primary N) is 1. The van der Waals surface area contributed by atoms with Crippen LogP contribution in [-0.4, -0.2) is 11.7 Å². The Morgan fingerprint density at radius 3 is 2.32 bits per heavy atom. The molecule has 3 N–H and O–H groups in total. The lowest BCUT2D eigenvalue weighted by atomic mass is 10.1. The van der Waals surface area contributed by atoms with E-state index in [1.54, 1.807) is 0 Å². The van der Waals surface area contributed by atoms with Crippen molar-refractivity contribution in [3.8, 4) is 0 Å². The van der Waals surface area contributed by atoms with Crippen LogP contribution in [0, 0.1) is 0 Å². The van der Waals surface area contributed by atoms with Crippen molar-refractivity contribution in [2.24, 2.45) is 5.73 Å². The number of carbonyl (C=O) groups is 1. The highest BCUT2D eigenvalue weighted by molar-refractivity contribution is 7.99. The molecule has 0 aromatic heterocycles. The van der Waals surface area contributed by atoms with E-state index in [1.165, 1.54) is 4.90 Å². The van der Waals surface area contributed by atoms with Crippen LogP contribution in [0.2, 0.25) is 0 Å². The van der Waals surface area contributed by atoms with Crippen LogP contribution in [0.3, 0.4) is 0 Å². The Bertz CT molecular complexity index is 608. The van der Waals surface area contributed by atoms with Crippen molar-refractivity contribution < 1.29 is 4.79 Å². The van der Waals surface area contributed by atoms with Crippen molar-refractivity contribution in [1.82, 2.24) is 5.32 Å². The zero-order valence-electron chi connectivity index (χ0n) is 13.0. The van der Waals surface area contributed by atoms with Gasteiger partial charge in [-0.1, -0.05) is 31.2 Å². The molecule has 4 heteroatoms. The highest BCUT2D eigenvalue weighted by atomic mass is 32.2. The highest BCUT2D eigenvalue weighted by Crippen LogP contribution is 2.21. The Morgan fingerprint density at radius 1 is 1.14 bits per heavy atom. The molecule has 0 radical (unpaired) electrons. The van der Waals surface area contributed by atoms with Gasteiger partial charge in [0.05, 0.1) is 6.04 Å². The Kier molecular flexibility index (Phi) is 6.04. The molecule has 0 saturated carbocycles. The fourth-order valence-corrected chi connectivity index (χ4v) is 2.84. The summed E-state index contributed by atoms with van der Waals surface area (Å²) in [5, 5.41) is 3.02. The molecule has 0 fully saturated rings. The fraction of sp³-hybridized carbons (Fsp3) is 0.278. The number of benzene rings is 2. The summed E-state index contributed by atoms with van der Waals surface area (Å²) in [6.45, 7) is 4.62. The molecule has 3 nitrogen and oxygen atoms in total. The van der Waals surface area contributed by atoms with Crippen molar-refractivity contribution >= 4 is 17.7 Å². The summed E-state index contributed by atoms with van der Waals surface area (Å²) >= 11 is 1.81. The van der Waals surface area contributed by atoms with E-state index in [-0.39, 0.29) is 11.9 Å². The predicted octanol–water partition coefficient (Wildman–Crippen LogP) is 3.75. The van der Waals surface area contributed by atoms with Gasteiger partial charge in [0.1, 0.15) is 0 Å². The van der Waals surface area contributed by atoms with Crippen LogP contribution in [0.15, 0.2) is 53.4 Å². The number of rotatable bonds is 6. The average molecular weight is 314 g/mol. The van der Waals surface area contributed by atoms with Gasteiger partial charge in [0.2, 0.25) is 0 Å². The lowest BCUT2D eigenvalue weighted by Crippen LogP contribution is -2.26. The Morgan fingerprint density at radius 2 is 1.77 bits per heavy atom. The molecule has 1 unspecified atom stereocenters. The molecule has 2 aromatic carbocycles. The minimum absolute atomic E-state index is 0.0256. The minimum Gasteiger partial charge on any atom is -0.346 e. The Hall–Kier alpha value is -1.78. The summed E-state index contributed by atoms with van der Waals surface area (Å²) < 4.78 is 0. The second-order valence-corrected chi connectivity index (χ2v) is 6.44. The van der Waals surface area contributed by atoms with Gasteiger partial charge in [-0.2, -0.15) is 0 Å². The first-order chi connectivity index (χ1) is 10.6. The standard InChI is InChI=1S/C18H22N2OS/c1-3-22-17-10-8-15(9-11-17)13(2)20-18(21)16-6-4-14(12-19)5-7-16/h4-11,13H,3,12,19H2,1-2H3,(H,20,21). The lowest BCUT2D eigenvalue weighted by molar-refractivity contribution is 0.0940. The third-order valence-electron chi connectivity index (χ3n) is 3.49. The van der Waals surface area contributed by atoms with Gasteiger partial charge in [0.15, 0.2) is 0 Å². The maximum absolute atomic E-state index is 12.3. The third kappa shape index (κ3) is 4.36. The SMILES string of the molecule is CCSc1ccc(C(C)NC(=O)c2ccc(CN)cc2)cc1. The second-order valence-electron chi connectivity index (χ2n) is 5.10. The normalized spacial score (nSPS) is 12.0. The topological polar surface area (TPSA) is 55.1 Å². The van der Waals surface area contributed by atoms with Crippen LogP contribution in [-0.2, 0) is 6.54 Å². The molecule has 0 saturated heterocycles. The molecule has 22 heavy (non-hydrogen) atoms. The molecule has 2 rings (SSSR count). The Balaban J connectivity index is 2.00. The van der Waals surface area contributed by atoms with E-state index >= 15 is 0 Å². The zero-order valence-corrected chi connectivity index (χ0v) is 13.8. The van der Waals surface area contributed by atoms with Gasteiger partial charge in [-0.3, -0.25) is 4.79 Å². The molecular weight excluding hydrogens is 292 g/mol. The van der Waals surface area contributed by atoms with Gasteiger partial charge in [0.25, 0.3) is 5.91 Å². The molecular formula is C18H22N2OS. The van der Waals surface area contributed by atoms with Crippen molar-refractivity contribution in [1.29, 1.82) is 0 Å². The van der Waals surface area contributed by atoms with E-state index in [9.17, 15) is 4.79 Å². The molecule has 0 aliphatic carbocycles. The second kappa shape index (κ2) is 8.01. The van der Waals surface area contributed by atoms with Gasteiger partial charge < -0.3 is 11.1 Å². The number of hydrogen-bond acceptors (Lipinski definition) is 3. The van der Waals surface area contributed by atoms with Gasteiger partial charge in [0, 0.05) is 17.0 Å². The van der Waals surface area contributed by atoms with E-state index in [0.717, 1.165) is 16.9 Å². The highest BCUT2D eigenvalue weighted by Gasteiger charge is 2.11. The van der Waals surface area contributed by atoms with Crippen molar-refractivity contribution in [3.05, 3.63) is 65.2 Å². The molecule has 116 valence electrons. The summed E-state index contributed by atoms with van der Waals surface area (Å²) in [6.07, 6.45) is 0. The third-order valence-corrected chi connectivity index (χ3v) is 4.38. The van der Waals surface area contributed by atoms with Gasteiger partial charge in [-0.25, -0.2) is 0 Å². The molecule has 0 aliphatic heterocycles. The molecule has 1 amide bonds. The number of nitrogens with one attached hydrogen (secondary N) is 1. The number of thioether (sulfide) groups is 1. The summed E-state index contributed by atoms with van der Waals surface area (Å²) in [5.41, 5.74) is 8.34. The van der Waals surface area contributed by atoms with E-state index in [2.05, 4.69) is 36.5 Å². The maximum Gasteiger partial charge on any atom is 0.251 e. The van der Waals surface area contributed by atoms with Crippen molar-refractivity contribution in [3.63, 3.8) is 0 Å². The number of carbonyl (C=O) groups excluding carboxylic acids is 1. The van der Waals surface area contributed by atoms with E-state index in [1.807, 2.05) is 43.0 Å². The predicted molar refractivity (Wildman–Crippen MR) is 93.1 cm³/mol. The van der Waals surface area contributed by atoms with Crippen LogP contribution >= 0.6 is 11.8 Å². The van der Waals surface area contributed by atoms with Crippen LogP contribution in [0.4, 0.5) is 0 Å². The molecule has 1 atom stereocenters. The maximum atomic E-state index is 12.3. The van der Waals surface area contributed by atoms with Crippen LogP contribution in [0.25, 0.3) is 0 Å². The van der Waals surface area contributed by atoms with Crippen LogP contribution < -0.4 is 11.1 Å². The molecule has 0 aliphatic rings. The smallest absolute Gasteiger partial charge is 0.251 e. The number of amides is 1. The van der Waals surface area contributed by atoms with Gasteiger partial charge >= 0.3 is 0 Å². The quantitative estimate of drug-likeness (QED) is 0.798. The fourth-order valence-electron chi connectivity index (χ4n) is 2.17. The van der Waals surface area contributed by atoms with E-state index in [4.69, 9.17) is 5.73 Å². The monoisotopic (exact) mass is 314 g/mol. The van der Waals surface area contributed by atoms with Crippen LogP contribution in [0.1, 0.15) is 41.4 Å². The molecule has 0 bridgehead atoms. The molecule has 2 aromatic rings. The van der Waals surface area contributed by atoms with Crippen molar-refractivity contribution in [2.75, 3.05) is 5.75 Å². The lowest BCUT2D eigenvalue weighted by Gasteiger charge is -2.15. The molecule has 0 heterocycles. The summed E-state index contributed by atoms with van der Waals surface area (Å²) in [7, 11) is 0. The first kappa shape index (κ1) is 16.6. The zero-order chi connectivity index (χ0) is 15.9. The van der Waals surface area contributed by atoms with E-state index in [0.29, 0.717) is 12.1 Å². The largest absolute Gasteiger partial charge is 0.346 e. The van der Waals surface area contributed by atoms with Gasteiger partial charge in [-0.15, -0.1) is 11.8 Å². The van der Waals surface area contributed by atoms with Gasteiger partial charge in [-0.05, 0) is 48.1 Å². The van der Waals surface area contributed by atoms with Crippen LogP contribution in [0.5, 0.6) is 0 Å². The average Bonchev–Trinajstić information content (AvgIpc) is 2.55. The van der Waals surface area contributed by atoms with Crippen molar-refractivity contribution in [2.45, 2.75) is 31.3 Å². The Labute approximate surface area is 136 Å². The first-order valence-electron chi connectivity index (χ1n) is 7.46. The molecule has 0 spiro atoms. The summed E-state index contributed by atoms with van der Waals surface area (Å²) in [4.78, 5) is 13.5. The first-order valence-corrected chi connectivity index (χ1v) is 8.45. The van der Waals surface area contributed by atoms with E-state index < -0.39 is 0 Å².